The van der Waals surface area contributed by atoms with E-state index >= 15 is 0 Å². The number of carbonyl (C=O) groups excluding carboxylic acids is 3. The van der Waals surface area contributed by atoms with Crippen LogP contribution in [-0.2, 0) is 24.8 Å². The molecule has 0 unspecified atom stereocenters. The summed E-state index contributed by atoms with van der Waals surface area (Å²) in [5.74, 6) is -0.243. The molecule has 4 rings (SSSR count). The maximum absolute atomic E-state index is 13.0. The molecule has 0 bridgehead atoms. The lowest BCUT2D eigenvalue weighted by atomic mass is 9.98. The largest absolute Gasteiger partial charge is 0.460 e. The molecule has 1 aliphatic carbocycles. The Hall–Kier alpha value is -3.58. The fourth-order valence-electron chi connectivity index (χ4n) is 4.35. The number of nitrogens with one attached hydrogen (secondary N) is 1. The summed E-state index contributed by atoms with van der Waals surface area (Å²) < 4.78 is 11.0. The van der Waals surface area contributed by atoms with Gasteiger partial charge in [-0.2, -0.15) is 0 Å². The first-order valence-corrected chi connectivity index (χ1v) is 13.2. The van der Waals surface area contributed by atoms with Crippen molar-refractivity contribution in [3.63, 3.8) is 0 Å². The summed E-state index contributed by atoms with van der Waals surface area (Å²) in [6, 6.07) is 24.6. The van der Waals surface area contributed by atoms with Crippen molar-refractivity contribution in [3.8, 4) is 11.1 Å². The second-order valence-electron chi connectivity index (χ2n) is 9.91. The Morgan fingerprint density at radius 2 is 1.43 bits per heavy atom. The molecule has 192 valence electrons. The Kier molecular flexibility index (Phi) is 8.34. The van der Waals surface area contributed by atoms with Crippen molar-refractivity contribution in [2.24, 2.45) is 0 Å². The molecule has 0 saturated heterocycles. The zero-order valence-corrected chi connectivity index (χ0v) is 22.0. The van der Waals surface area contributed by atoms with Crippen molar-refractivity contribution in [2.75, 3.05) is 6.61 Å². The van der Waals surface area contributed by atoms with E-state index in [1.54, 1.807) is 20.8 Å². The normalized spacial score (nSPS) is 13.3. The molecule has 6 nitrogen and oxygen atoms in total. The van der Waals surface area contributed by atoms with Gasteiger partial charge in [0.1, 0.15) is 18.2 Å². The highest BCUT2D eigenvalue weighted by Crippen LogP contribution is 2.44. The van der Waals surface area contributed by atoms with Gasteiger partial charge < -0.3 is 14.8 Å². The summed E-state index contributed by atoms with van der Waals surface area (Å²) >= 11 is 1.05. The lowest BCUT2D eigenvalue weighted by molar-refractivity contribution is -0.155. The molecule has 1 N–H and O–H groups in total. The molecule has 0 aliphatic heterocycles. The molecule has 0 spiro atoms. The zero-order chi connectivity index (χ0) is 26.4. The van der Waals surface area contributed by atoms with E-state index in [1.165, 1.54) is 0 Å². The van der Waals surface area contributed by atoms with E-state index in [1.807, 2.05) is 66.7 Å². The van der Waals surface area contributed by atoms with Gasteiger partial charge in [0.25, 0.3) is 0 Å². The average Bonchev–Trinajstić information content (AvgIpc) is 3.19. The van der Waals surface area contributed by atoms with E-state index in [-0.39, 0.29) is 24.1 Å². The molecule has 0 aromatic heterocycles. The quantitative estimate of drug-likeness (QED) is 0.365. The Balaban J connectivity index is 1.42. The number of fused-ring (bicyclic) bond motifs is 3. The van der Waals surface area contributed by atoms with Crippen LogP contribution in [0.4, 0.5) is 4.79 Å². The summed E-state index contributed by atoms with van der Waals surface area (Å²) in [5.41, 5.74) is 4.71. The Bertz CT molecular complexity index is 1220. The molecule has 0 heterocycles. The van der Waals surface area contributed by atoms with E-state index in [2.05, 4.69) is 17.4 Å². The number of amides is 1. The minimum atomic E-state index is -1.07. The van der Waals surface area contributed by atoms with E-state index in [4.69, 9.17) is 9.47 Å². The molecule has 3 aromatic rings. The van der Waals surface area contributed by atoms with Crippen molar-refractivity contribution in [2.45, 2.75) is 50.5 Å². The maximum atomic E-state index is 13.0. The zero-order valence-electron chi connectivity index (χ0n) is 21.2. The molecule has 0 saturated carbocycles. The predicted octanol–water partition coefficient (Wildman–Crippen LogP) is 6.09. The molecule has 1 atom stereocenters. The van der Waals surface area contributed by atoms with E-state index in [9.17, 15) is 14.4 Å². The Morgan fingerprint density at radius 1 is 0.865 bits per heavy atom. The third-order valence-electron chi connectivity index (χ3n) is 5.94. The lowest BCUT2D eigenvalue weighted by Crippen LogP contribution is -2.43. The van der Waals surface area contributed by atoms with E-state index in [0.29, 0.717) is 5.75 Å². The van der Waals surface area contributed by atoms with Gasteiger partial charge in [-0.05, 0) is 48.6 Å². The highest BCUT2D eigenvalue weighted by Gasteiger charge is 2.31. The maximum Gasteiger partial charge on any atom is 0.407 e. The summed E-state index contributed by atoms with van der Waals surface area (Å²) in [5, 5.41) is 2.28. The number of hydrogen-bond donors (Lipinski definition) is 1. The van der Waals surface area contributed by atoms with E-state index < -0.39 is 23.7 Å². The predicted molar refractivity (Wildman–Crippen MR) is 145 cm³/mol. The molecule has 1 aliphatic rings. The van der Waals surface area contributed by atoms with Gasteiger partial charge in [-0.3, -0.25) is 9.59 Å². The third kappa shape index (κ3) is 7.01. The smallest absolute Gasteiger partial charge is 0.407 e. The molecule has 37 heavy (non-hydrogen) atoms. The second kappa shape index (κ2) is 11.6. The molecule has 3 aromatic carbocycles. The fraction of sp³-hybridized carbons (Fsp3) is 0.300. The van der Waals surface area contributed by atoms with Crippen LogP contribution in [-0.4, -0.2) is 35.4 Å². The van der Waals surface area contributed by atoms with Crippen LogP contribution in [0.25, 0.3) is 11.1 Å². The summed E-state index contributed by atoms with van der Waals surface area (Å²) in [6.07, 6.45) is -1.02. The molecule has 0 radical (unpaired) electrons. The first kappa shape index (κ1) is 26.5. The standard InChI is InChI=1S/C30H31NO5S/c1-30(2,3)36-27(32)17-26(28(33)37-19-20-11-5-4-6-12-20)31-29(34)35-18-25-23-15-9-7-13-21(23)22-14-8-10-16-24(22)25/h4-16,25-26H,17-19H2,1-3H3,(H,31,34)/t26-/m0/s1. The van der Waals surface area contributed by atoms with Crippen LogP contribution >= 0.6 is 11.8 Å². The van der Waals surface area contributed by atoms with Crippen LogP contribution in [0.15, 0.2) is 78.9 Å². The van der Waals surface area contributed by atoms with Crippen molar-refractivity contribution >= 4 is 28.9 Å². The topological polar surface area (TPSA) is 81.7 Å². The van der Waals surface area contributed by atoms with Gasteiger partial charge in [0.2, 0.25) is 5.12 Å². The van der Waals surface area contributed by atoms with Gasteiger partial charge in [0.05, 0.1) is 6.42 Å². The summed E-state index contributed by atoms with van der Waals surface area (Å²) in [4.78, 5) is 38.4. The Morgan fingerprint density at radius 3 is 2.03 bits per heavy atom. The van der Waals surface area contributed by atoms with Crippen LogP contribution in [0.1, 0.15) is 49.8 Å². The minimum absolute atomic E-state index is 0.106. The molecule has 7 heteroatoms. The SMILES string of the molecule is CC(C)(C)OC(=O)C[C@H](NC(=O)OCC1c2ccccc2-c2ccccc21)C(=O)SCc1ccccc1. The lowest BCUT2D eigenvalue weighted by Gasteiger charge is -2.22. The van der Waals surface area contributed by atoms with Crippen molar-refractivity contribution in [1.29, 1.82) is 0 Å². The average molecular weight is 518 g/mol. The van der Waals surface area contributed by atoms with Crippen LogP contribution in [0.2, 0.25) is 0 Å². The van der Waals surface area contributed by atoms with Crippen LogP contribution in [0.5, 0.6) is 0 Å². The number of hydrogen-bond acceptors (Lipinski definition) is 6. The highest BCUT2D eigenvalue weighted by atomic mass is 32.2. The van der Waals surface area contributed by atoms with Crippen LogP contribution in [0, 0.1) is 0 Å². The minimum Gasteiger partial charge on any atom is -0.460 e. The number of benzene rings is 3. The first-order valence-electron chi connectivity index (χ1n) is 12.2. The number of thioether (sulfide) groups is 1. The van der Waals surface area contributed by atoms with E-state index in [0.717, 1.165) is 39.6 Å². The van der Waals surface area contributed by atoms with Crippen molar-refractivity contribution in [1.82, 2.24) is 5.32 Å². The number of rotatable bonds is 8. The van der Waals surface area contributed by atoms with Gasteiger partial charge in [-0.1, -0.05) is 90.6 Å². The number of ether oxygens (including phenoxy) is 2. The van der Waals surface area contributed by atoms with Crippen molar-refractivity contribution < 1.29 is 23.9 Å². The van der Waals surface area contributed by atoms with Gasteiger partial charge in [0, 0.05) is 11.7 Å². The van der Waals surface area contributed by atoms with Gasteiger partial charge in [-0.25, -0.2) is 4.79 Å². The molecular weight excluding hydrogens is 486 g/mol. The molecule has 1 amide bonds. The third-order valence-corrected chi connectivity index (χ3v) is 6.98. The number of alkyl carbamates (subject to hydrolysis) is 1. The monoisotopic (exact) mass is 517 g/mol. The van der Waals surface area contributed by atoms with Gasteiger partial charge in [0.15, 0.2) is 0 Å². The fourth-order valence-corrected chi connectivity index (χ4v) is 5.20. The highest BCUT2D eigenvalue weighted by molar-refractivity contribution is 8.13. The van der Waals surface area contributed by atoms with Crippen LogP contribution < -0.4 is 5.32 Å². The van der Waals surface area contributed by atoms with Gasteiger partial charge in [-0.15, -0.1) is 0 Å². The first-order chi connectivity index (χ1) is 17.7. The van der Waals surface area contributed by atoms with Gasteiger partial charge >= 0.3 is 12.1 Å². The molecule has 0 fully saturated rings. The summed E-state index contributed by atoms with van der Waals surface area (Å²) in [7, 11) is 0. The van der Waals surface area contributed by atoms with Crippen molar-refractivity contribution in [3.05, 3.63) is 95.6 Å². The molecular formula is C30H31NO5S. The summed E-state index contributed by atoms with van der Waals surface area (Å²) in [6.45, 7) is 5.38. The number of esters is 1. The Labute approximate surface area is 221 Å². The second-order valence-corrected chi connectivity index (χ2v) is 10.9. The van der Waals surface area contributed by atoms with Crippen LogP contribution in [0.3, 0.4) is 0 Å². The number of carbonyl (C=O) groups is 3.